The van der Waals surface area contributed by atoms with Gasteiger partial charge in [0.1, 0.15) is 11.4 Å². The van der Waals surface area contributed by atoms with E-state index in [-0.39, 0.29) is 11.7 Å². The van der Waals surface area contributed by atoms with Crippen LogP contribution < -0.4 is 5.32 Å². The summed E-state index contributed by atoms with van der Waals surface area (Å²) in [6.07, 6.45) is 1.56. The Bertz CT molecular complexity index is 538. The third-order valence-corrected chi connectivity index (χ3v) is 2.36. The Morgan fingerprint density at radius 3 is 2.76 bits per heavy atom. The van der Waals surface area contributed by atoms with Gasteiger partial charge in [-0.2, -0.15) is 0 Å². The summed E-state index contributed by atoms with van der Waals surface area (Å²) in [4.78, 5) is 15.7. The zero-order valence-corrected chi connectivity index (χ0v) is 9.34. The average Bonchev–Trinajstić information content (AvgIpc) is 2.35. The van der Waals surface area contributed by atoms with Crippen molar-refractivity contribution in [3.8, 4) is 5.75 Å². The van der Waals surface area contributed by atoms with E-state index in [0.29, 0.717) is 11.4 Å². The molecule has 4 nitrogen and oxygen atoms in total. The number of phenols is 1. The topological polar surface area (TPSA) is 62.2 Å². The Labute approximate surface area is 98.9 Å². The van der Waals surface area contributed by atoms with Crippen LogP contribution in [-0.4, -0.2) is 16.0 Å². The maximum Gasteiger partial charge on any atom is 0.274 e. The lowest BCUT2D eigenvalue weighted by Crippen LogP contribution is -2.13. The summed E-state index contributed by atoms with van der Waals surface area (Å²) in [5.74, 6) is -0.141. The maximum atomic E-state index is 11.8. The van der Waals surface area contributed by atoms with Crippen LogP contribution in [0.1, 0.15) is 16.1 Å². The minimum Gasteiger partial charge on any atom is -0.508 e. The van der Waals surface area contributed by atoms with Gasteiger partial charge in [0.25, 0.3) is 5.91 Å². The Balaban J connectivity index is 2.16. The Kier molecular flexibility index (Phi) is 3.05. The van der Waals surface area contributed by atoms with Gasteiger partial charge in [-0.15, -0.1) is 0 Å². The van der Waals surface area contributed by atoms with Gasteiger partial charge in [0.15, 0.2) is 0 Å². The molecule has 0 radical (unpaired) electrons. The second-order valence-electron chi connectivity index (χ2n) is 3.67. The van der Waals surface area contributed by atoms with Crippen molar-refractivity contribution in [2.45, 2.75) is 6.92 Å². The molecule has 1 aromatic carbocycles. The molecule has 1 amide bonds. The van der Waals surface area contributed by atoms with E-state index < -0.39 is 0 Å². The number of amides is 1. The molecule has 1 heterocycles. The highest BCUT2D eigenvalue weighted by molar-refractivity contribution is 6.02. The molecule has 2 rings (SSSR count). The maximum absolute atomic E-state index is 11.8. The van der Waals surface area contributed by atoms with Gasteiger partial charge >= 0.3 is 0 Å². The molecule has 0 aliphatic carbocycles. The molecule has 0 spiro atoms. The highest BCUT2D eigenvalue weighted by Gasteiger charge is 2.07. The number of aryl methyl sites for hydroxylation is 1. The number of rotatable bonds is 2. The number of aromatic nitrogens is 1. The van der Waals surface area contributed by atoms with Gasteiger partial charge in [0.05, 0.1) is 0 Å². The molecule has 0 bridgehead atoms. The first kappa shape index (κ1) is 11.1. The number of carbonyl (C=O) groups is 1. The average molecular weight is 228 g/mol. The van der Waals surface area contributed by atoms with E-state index in [1.807, 2.05) is 0 Å². The molecule has 0 fully saturated rings. The van der Waals surface area contributed by atoms with Crippen molar-refractivity contribution in [1.29, 1.82) is 0 Å². The SMILES string of the molecule is Cc1ccc(NC(=O)c2ccccn2)cc1O. The molecule has 0 unspecified atom stereocenters. The van der Waals surface area contributed by atoms with E-state index in [4.69, 9.17) is 0 Å². The monoisotopic (exact) mass is 228 g/mol. The van der Waals surface area contributed by atoms with Crippen LogP contribution in [0.4, 0.5) is 5.69 Å². The molecule has 4 heteroatoms. The number of benzene rings is 1. The van der Waals surface area contributed by atoms with Crippen LogP contribution in [0.15, 0.2) is 42.6 Å². The lowest BCUT2D eigenvalue weighted by atomic mass is 10.2. The van der Waals surface area contributed by atoms with Crippen molar-refractivity contribution in [1.82, 2.24) is 4.98 Å². The Hall–Kier alpha value is -2.36. The third-order valence-electron chi connectivity index (χ3n) is 2.36. The number of hydrogen-bond acceptors (Lipinski definition) is 3. The predicted molar refractivity (Wildman–Crippen MR) is 65.0 cm³/mol. The Morgan fingerprint density at radius 1 is 1.29 bits per heavy atom. The van der Waals surface area contributed by atoms with Crippen LogP contribution in [0.25, 0.3) is 0 Å². The first-order valence-corrected chi connectivity index (χ1v) is 5.19. The number of nitrogens with one attached hydrogen (secondary N) is 1. The molecule has 0 aliphatic heterocycles. The first-order valence-electron chi connectivity index (χ1n) is 5.19. The highest BCUT2D eigenvalue weighted by Crippen LogP contribution is 2.21. The quantitative estimate of drug-likeness (QED) is 0.829. The Morgan fingerprint density at radius 2 is 2.12 bits per heavy atom. The lowest BCUT2D eigenvalue weighted by Gasteiger charge is -2.06. The van der Waals surface area contributed by atoms with Gasteiger partial charge < -0.3 is 10.4 Å². The second-order valence-corrected chi connectivity index (χ2v) is 3.67. The summed E-state index contributed by atoms with van der Waals surface area (Å²) in [5.41, 5.74) is 1.65. The number of phenolic OH excluding ortho intramolecular Hbond substituents is 1. The second kappa shape index (κ2) is 4.65. The summed E-state index contributed by atoms with van der Waals surface area (Å²) in [6, 6.07) is 10.1. The first-order chi connectivity index (χ1) is 8.16. The highest BCUT2D eigenvalue weighted by atomic mass is 16.3. The van der Waals surface area contributed by atoms with E-state index in [0.717, 1.165) is 5.56 Å². The molecule has 17 heavy (non-hydrogen) atoms. The fourth-order valence-electron chi connectivity index (χ4n) is 1.38. The van der Waals surface area contributed by atoms with Gasteiger partial charge in [0.2, 0.25) is 0 Å². The summed E-state index contributed by atoms with van der Waals surface area (Å²) >= 11 is 0. The normalized spacial score (nSPS) is 9.94. The summed E-state index contributed by atoms with van der Waals surface area (Å²) in [5, 5.41) is 12.2. The van der Waals surface area contributed by atoms with Crippen LogP contribution in [-0.2, 0) is 0 Å². The lowest BCUT2D eigenvalue weighted by molar-refractivity contribution is 0.102. The zero-order chi connectivity index (χ0) is 12.3. The van der Waals surface area contributed by atoms with E-state index in [9.17, 15) is 9.90 Å². The molecule has 0 aliphatic rings. The van der Waals surface area contributed by atoms with Crippen LogP contribution in [0, 0.1) is 6.92 Å². The minimum atomic E-state index is -0.297. The molecule has 0 saturated heterocycles. The standard InChI is InChI=1S/C13H12N2O2/c1-9-5-6-10(8-12(9)16)15-13(17)11-4-2-3-7-14-11/h2-8,16H,1H3,(H,15,17). The van der Waals surface area contributed by atoms with Crippen LogP contribution in [0.5, 0.6) is 5.75 Å². The van der Waals surface area contributed by atoms with Gasteiger partial charge in [-0.3, -0.25) is 9.78 Å². The van der Waals surface area contributed by atoms with E-state index >= 15 is 0 Å². The van der Waals surface area contributed by atoms with Crippen molar-refractivity contribution in [2.75, 3.05) is 5.32 Å². The number of aromatic hydroxyl groups is 1. The van der Waals surface area contributed by atoms with Crippen molar-refractivity contribution in [2.24, 2.45) is 0 Å². The van der Waals surface area contributed by atoms with Gasteiger partial charge in [0, 0.05) is 18.0 Å². The molecule has 2 N–H and O–H groups in total. The van der Waals surface area contributed by atoms with Gasteiger partial charge in [-0.1, -0.05) is 12.1 Å². The number of anilines is 1. The molecule has 86 valence electrons. The fourth-order valence-corrected chi connectivity index (χ4v) is 1.38. The smallest absolute Gasteiger partial charge is 0.274 e. The fraction of sp³-hybridized carbons (Fsp3) is 0.0769. The number of pyridine rings is 1. The predicted octanol–water partition coefficient (Wildman–Crippen LogP) is 2.35. The molecule has 0 atom stereocenters. The van der Waals surface area contributed by atoms with E-state index in [1.54, 1.807) is 43.5 Å². The van der Waals surface area contributed by atoms with Gasteiger partial charge in [-0.05, 0) is 30.7 Å². The number of nitrogens with zero attached hydrogens (tertiary/aromatic N) is 1. The van der Waals surface area contributed by atoms with E-state index in [1.165, 1.54) is 6.07 Å². The van der Waals surface area contributed by atoms with Crippen molar-refractivity contribution < 1.29 is 9.90 Å². The van der Waals surface area contributed by atoms with Crippen molar-refractivity contribution in [3.05, 3.63) is 53.9 Å². The third kappa shape index (κ3) is 2.60. The molecule has 0 saturated carbocycles. The minimum absolute atomic E-state index is 0.156. The number of hydrogen-bond donors (Lipinski definition) is 2. The zero-order valence-electron chi connectivity index (χ0n) is 9.34. The molecular weight excluding hydrogens is 216 g/mol. The molecular formula is C13H12N2O2. The van der Waals surface area contributed by atoms with Crippen molar-refractivity contribution >= 4 is 11.6 Å². The van der Waals surface area contributed by atoms with Gasteiger partial charge in [-0.25, -0.2) is 0 Å². The summed E-state index contributed by atoms with van der Waals surface area (Å²) in [7, 11) is 0. The number of carbonyl (C=O) groups excluding carboxylic acids is 1. The summed E-state index contributed by atoms with van der Waals surface area (Å²) < 4.78 is 0. The molecule has 2 aromatic rings. The summed E-state index contributed by atoms with van der Waals surface area (Å²) in [6.45, 7) is 1.79. The largest absolute Gasteiger partial charge is 0.508 e. The molecule has 1 aromatic heterocycles. The van der Waals surface area contributed by atoms with Crippen LogP contribution in [0.2, 0.25) is 0 Å². The van der Waals surface area contributed by atoms with Crippen molar-refractivity contribution in [3.63, 3.8) is 0 Å². The van der Waals surface area contributed by atoms with Crippen LogP contribution >= 0.6 is 0 Å². The van der Waals surface area contributed by atoms with Crippen LogP contribution in [0.3, 0.4) is 0 Å². The van der Waals surface area contributed by atoms with E-state index in [2.05, 4.69) is 10.3 Å².